The third-order valence-electron chi connectivity index (χ3n) is 5.28. The summed E-state index contributed by atoms with van der Waals surface area (Å²) in [7, 11) is 0. The Morgan fingerprint density at radius 3 is 2.73 bits per heavy atom. The van der Waals surface area contributed by atoms with Gasteiger partial charge >= 0.3 is 0 Å². The first-order valence-electron chi connectivity index (χ1n) is 10.1. The van der Waals surface area contributed by atoms with E-state index in [1.807, 2.05) is 37.3 Å². The molecule has 30 heavy (non-hydrogen) atoms. The highest BCUT2D eigenvalue weighted by Gasteiger charge is 2.15. The highest BCUT2D eigenvalue weighted by molar-refractivity contribution is 6.30. The Labute approximate surface area is 181 Å². The maximum absolute atomic E-state index is 12.5. The molecule has 4 nitrogen and oxygen atoms in total. The lowest BCUT2D eigenvalue weighted by Gasteiger charge is -2.09. The van der Waals surface area contributed by atoms with Crippen molar-refractivity contribution < 1.29 is 4.79 Å². The van der Waals surface area contributed by atoms with Crippen LogP contribution in [0.15, 0.2) is 60.8 Å². The van der Waals surface area contributed by atoms with Crippen LogP contribution in [0.1, 0.15) is 29.5 Å². The average molecular weight is 418 g/mol. The van der Waals surface area contributed by atoms with E-state index in [9.17, 15) is 4.79 Å². The van der Waals surface area contributed by atoms with Crippen molar-refractivity contribution in [3.8, 4) is 11.4 Å². The van der Waals surface area contributed by atoms with Crippen molar-refractivity contribution in [2.45, 2.75) is 33.1 Å². The molecule has 2 heterocycles. The number of fused-ring (bicyclic) bond motifs is 1. The van der Waals surface area contributed by atoms with Crippen LogP contribution in [0.4, 0.5) is 5.69 Å². The lowest BCUT2D eigenvalue weighted by molar-refractivity contribution is -0.116. The minimum atomic E-state index is 0.0100. The summed E-state index contributed by atoms with van der Waals surface area (Å²) in [4.78, 5) is 20.5. The van der Waals surface area contributed by atoms with Gasteiger partial charge < -0.3 is 10.3 Å². The summed E-state index contributed by atoms with van der Waals surface area (Å²) in [5, 5.41) is 4.86. The number of nitrogens with one attached hydrogen (secondary N) is 2. The molecule has 0 spiro atoms. The van der Waals surface area contributed by atoms with E-state index in [1.54, 1.807) is 12.3 Å². The molecule has 2 N–H and O–H groups in total. The van der Waals surface area contributed by atoms with Gasteiger partial charge in [-0.05, 0) is 80.3 Å². The first-order valence-corrected chi connectivity index (χ1v) is 10.5. The lowest BCUT2D eigenvalue weighted by atomic mass is 10.0. The Hall–Kier alpha value is -3.11. The maximum Gasteiger partial charge on any atom is 0.224 e. The zero-order chi connectivity index (χ0) is 21.1. The van der Waals surface area contributed by atoms with Gasteiger partial charge in [-0.3, -0.25) is 9.78 Å². The minimum absolute atomic E-state index is 0.0100. The number of halogens is 1. The quantitative estimate of drug-likeness (QED) is 0.378. The smallest absolute Gasteiger partial charge is 0.224 e. The molecule has 4 aromatic rings. The number of carbonyl (C=O) groups is 1. The number of anilines is 1. The Bertz CT molecular complexity index is 1200. The van der Waals surface area contributed by atoms with Crippen molar-refractivity contribution in [3.63, 3.8) is 0 Å². The Morgan fingerprint density at radius 1 is 1.10 bits per heavy atom. The Balaban J connectivity index is 1.52. The highest BCUT2D eigenvalue weighted by atomic mass is 35.5. The number of aromatic nitrogens is 2. The van der Waals surface area contributed by atoms with Gasteiger partial charge in [0.15, 0.2) is 0 Å². The molecule has 0 aliphatic carbocycles. The lowest BCUT2D eigenvalue weighted by Crippen LogP contribution is -2.12. The fourth-order valence-corrected chi connectivity index (χ4v) is 3.98. The molecule has 0 aliphatic rings. The van der Waals surface area contributed by atoms with Crippen LogP contribution in [-0.4, -0.2) is 15.9 Å². The van der Waals surface area contributed by atoms with Crippen LogP contribution in [0.25, 0.3) is 22.3 Å². The number of amides is 1. The van der Waals surface area contributed by atoms with Gasteiger partial charge in [-0.15, -0.1) is 0 Å². The molecule has 1 amide bonds. The van der Waals surface area contributed by atoms with Crippen LogP contribution >= 0.6 is 11.6 Å². The second-order valence-corrected chi connectivity index (χ2v) is 8.04. The molecule has 4 rings (SSSR count). The van der Waals surface area contributed by atoms with Crippen molar-refractivity contribution in [2.75, 3.05) is 5.32 Å². The summed E-state index contributed by atoms with van der Waals surface area (Å²) in [6, 6.07) is 17.8. The number of H-pyrrole nitrogens is 1. The molecule has 0 aliphatic heterocycles. The molecular formula is C25H24ClN3O. The molecule has 0 bridgehead atoms. The van der Waals surface area contributed by atoms with Gasteiger partial charge in [-0.25, -0.2) is 0 Å². The summed E-state index contributed by atoms with van der Waals surface area (Å²) in [5.74, 6) is 0.0100. The fraction of sp³-hybridized carbons (Fsp3) is 0.200. The van der Waals surface area contributed by atoms with Gasteiger partial charge in [0.1, 0.15) is 0 Å². The Morgan fingerprint density at radius 2 is 1.97 bits per heavy atom. The van der Waals surface area contributed by atoms with Gasteiger partial charge in [0.2, 0.25) is 5.91 Å². The SMILES string of the molecule is Cc1ccc2[nH]c(-c3ccccn3)c(CCCC(=O)Nc3ccc(Cl)cc3C)c2c1. The van der Waals surface area contributed by atoms with Crippen LogP contribution in [0.3, 0.4) is 0 Å². The Kier molecular flexibility index (Phi) is 5.86. The maximum atomic E-state index is 12.5. The molecule has 0 unspecified atom stereocenters. The molecule has 0 atom stereocenters. The van der Waals surface area contributed by atoms with Crippen LogP contribution in [0.5, 0.6) is 0 Å². The zero-order valence-electron chi connectivity index (χ0n) is 17.1. The summed E-state index contributed by atoms with van der Waals surface area (Å²) in [6.45, 7) is 4.04. The van der Waals surface area contributed by atoms with E-state index in [4.69, 9.17) is 11.6 Å². The number of rotatable bonds is 6. The van der Waals surface area contributed by atoms with Crippen molar-refractivity contribution in [1.29, 1.82) is 0 Å². The van der Waals surface area contributed by atoms with Gasteiger partial charge in [0, 0.05) is 34.2 Å². The van der Waals surface area contributed by atoms with E-state index in [-0.39, 0.29) is 5.91 Å². The topological polar surface area (TPSA) is 57.8 Å². The van der Waals surface area contributed by atoms with E-state index in [0.29, 0.717) is 11.4 Å². The fourth-order valence-electron chi connectivity index (χ4n) is 3.76. The van der Waals surface area contributed by atoms with Gasteiger partial charge in [0.25, 0.3) is 0 Å². The molecule has 0 saturated carbocycles. The summed E-state index contributed by atoms with van der Waals surface area (Å²) >= 11 is 6.00. The zero-order valence-corrected chi connectivity index (χ0v) is 17.9. The highest BCUT2D eigenvalue weighted by Crippen LogP contribution is 2.31. The largest absolute Gasteiger partial charge is 0.353 e. The summed E-state index contributed by atoms with van der Waals surface area (Å²) in [6.07, 6.45) is 3.79. The van der Waals surface area contributed by atoms with Crippen molar-refractivity contribution in [1.82, 2.24) is 9.97 Å². The summed E-state index contributed by atoms with van der Waals surface area (Å²) < 4.78 is 0. The van der Waals surface area contributed by atoms with Crippen molar-refractivity contribution >= 4 is 34.1 Å². The van der Waals surface area contributed by atoms with Gasteiger partial charge in [0.05, 0.1) is 11.4 Å². The number of aryl methyl sites for hydroxylation is 3. The van der Waals surface area contributed by atoms with E-state index >= 15 is 0 Å². The van der Waals surface area contributed by atoms with Crippen LogP contribution in [-0.2, 0) is 11.2 Å². The molecule has 2 aromatic carbocycles. The van der Waals surface area contributed by atoms with E-state index < -0.39 is 0 Å². The monoisotopic (exact) mass is 417 g/mol. The first kappa shape index (κ1) is 20.2. The minimum Gasteiger partial charge on any atom is -0.353 e. The normalized spacial score (nSPS) is 11.0. The molecule has 0 saturated heterocycles. The van der Waals surface area contributed by atoms with Crippen LogP contribution < -0.4 is 5.32 Å². The molecular weight excluding hydrogens is 394 g/mol. The van der Waals surface area contributed by atoms with Crippen LogP contribution in [0, 0.1) is 13.8 Å². The standard InChI is InChI=1S/C25H24ClN3O/c1-16-9-11-22-20(14-16)19(25(29-22)23-7-3-4-13-27-23)6-5-8-24(30)28-21-12-10-18(26)15-17(21)2/h3-4,7,9-15,29H,5-6,8H2,1-2H3,(H,28,30). The number of pyridine rings is 1. The molecule has 0 radical (unpaired) electrons. The number of benzene rings is 2. The first-order chi connectivity index (χ1) is 14.5. The predicted molar refractivity (Wildman–Crippen MR) is 124 cm³/mol. The second-order valence-electron chi connectivity index (χ2n) is 7.60. The molecule has 0 fully saturated rings. The van der Waals surface area contributed by atoms with Crippen molar-refractivity contribution in [3.05, 3.63) is 82.5 Å². The molecule has 5 heteroatoms. The number of aromatic amines is 1. The van der Waals surface area contributed by atoms with E-state index in [0.717, 1.165) is 41.0 Å². The van der Waals surface area contributed by atoms with E-state index in [2.05, 4.69) is 40.4 Å². The number of hydrogen-bond donors (Lipinski definition) is 2. The number of carbonyl (C=O) groups excluding carboxylic acids is 1. The molecule has 152 valence electrons. The third kappa shape index (κ3) is 4.39. The number of hydrogen-bond acceptors (Lipinski definition) is 2. The van der Waals surface area contributed by atoms with E-state index in [1.165, 1.54) is 16.5 Å². The second kappa shape index (κ2) is 8.72. The number of nitrogens with zero attached hydrogens (tertiary/aromatic N) is 1. The average Bonchev–Trinajstić information content (AvgIpc) is 3.08. The predicted octanol–water partition coefficient (Wildman–Crippen LogP) is 6.46. The van der Waals surface area contributed by atoms with Crippen molar-refractivity contribution in [2.24, 2.45) is 0 Å². The third-order valence-corrected chi connectivity index (χ3v) is 5.51. The summed E-state index contributed by atoms with van der Waals surface area (Å²) in [5.41, 5.74) is 7.24. The van der Waals surface area contributed by atoms with Crippen LogP contribution in [0.2, 0.25) is 5.02 Å². The van der Waals surface area contributed by atoms with Gasteiger partial charge in [-0.2, -0.15) is 0 Å². The van der Waals surface area contributed by atoms with Gasteiger partial charge in [-0.1, -0.05) is 29.3 Å². The molecule has 2 aromatic heterocycles.